The van der Waals surface area contributed by atoms with E-state index in [9.17, 15) is 9.59 Å². The molecule has 0 spiro atoms. The maximum absolute atomic E-state index is 12.0. The highest BCUT2D eigenvalue weighted by Crippen LogP contribution is 2.33. The average Bonchev–Trinajstić information content (AvgIpc) is 3.55. The summed E-state index contributed by atoms with van der Waals surface area (Å²) in [5.74, 6) is 0.146. The van der Waals surface area contributed by atoms with E-state index in [1.54, 1.807) is 25.3 Å². The number of carbonyl (C=O) groups is 2. The highest BCUT2D eigenvalue weighted by molar-refractivity contribution is 7.07. The van der Waals surface area contributed by atoms with Crippen molar-refractivity contribution in [3.63, 3.8) is 0 Å². The molecule has 4 aromatic rings. The lowest BCUT2D eigenvalue weighted by Crippen LogP contribution is -2.25. The fourth-order valence-corrected chi connectivity index (χ4v) is 4.89. The van der Waals surface area contributed by atoms with Crippen LogP contribution < -0.4 is 14.9 Å². The normalized spacial score (nSPS) is 13.1. The van der Waals surface area contributed by atoms with Crippen molar-refractivity contribution in [1.82, 2.24) is 14.1 Å². The Morgan fingerprint density at radius 2 is 2.08 bits per heavy atom. The van der Waals surface area contributed by atoms with Gasteiger partial charge in [-0.25, -0.2) is 14.8 Å². The number of amides is 1. The van der Waals surface area contributed by atoms with Crippen molar-refractivity contribution in [1.29, 1.82) is 0 Å². The van der Waals surface area contributed by atoms with E-state index >= 15 is 0 Å². The second kappa shape index (κ2) is 10.6. The first-order valence-corrected chi connectivity index (χ1v) is 12.5. The Bertz CT molecular complexity index is 1440. The maximum Gasteiger partial charge on any atom is 0.338 e. The summed E-state index contributed by atoms with van der Waals surface area (Å²) >= 11 is 1.54. The molecule has 1 amide bonds. The van der Waals surface area contributed by atoms with Crippen LogP contribution in [0.4, 0.5) is 11.4 Å². The molecule has 0 bridgehead atoms. The van der Waals surface area contributed by atoms with Crippen molar-refractivity contribution in [2.24, 2.45) is 4.99 Å². The Morgan fingerprint density at radius 1 is 1.22 bits per heavy atom. The minimum atomic E-state index is -0.347. The molecule has 2 aromatic heterocycles. The van der Waals surface area contributed by atoms with Gasteiger partial charge in [0.2, 0.25) is 0 Å². The number of anilines is 1. The highest BCUT2D eigenvalue weighted by Gasteiger charge is 2.18. The first-order valence-electron chi connectivity index (χ1n) is 11.6. The summed E-state index contributed by atoms with van der Waals surface area (Å²) < 4.78 is 14.8. The number of esters is 1. The Morgan fingerprint density at radius 3 is 2.86 bits per heavy atom. The van der Waals surface area contributed by atoms with Crippen molar-refractivity contribution in [2.75, 3.05) is 18.5 Å². The van der Waals surface area contributed by atoms with Crippen molar-refractivity contribution in [3.05, 3.63) is 76.9 Å². The van der Waals surface area contributed by atoms with Gasteiger partial charge in [0, 0.05) is 36.4 Å². The molecule has 1 aliphatic rings. The Hall–Kier alpha value is -4.18. The molecule has 36 heavy (non-hydrogen) atoms. The minimum Gasteiger partial charge on any atom is -0.482 e. The molecule has 184 valence electrons. The molecule has 1 aliphatic heterocycles. The lowest BCUT2D eigenvalue weighted by atomic mass is 10.1. The zero-order chi connectivity index (χ0) is 24.9. The number of nitrogens with zero attached hydrogens (tertiary/aromatic N) is 4. The standard InChI is InChI=1S/C26H25N5O4S/c1-2-34-25(33)18-4-7-20(8-5-18)28-26-31(12-3-11-30-13-10-27-17-30)22(16-36-26)19-6-9-23-21(14-19)29-24(32)15-35-23/h4-10,13-14,16-17H,2-3,11-12,15H2,1H3,(H,29,32). The van der Waals surface area contributed by atoms with Crippen molar-refractivity contribution < 1.29 is 19.1 Å². The zero-order valence-corrected chi connectivity index (χ0v) is 20.5. The van der Waals surface area contributed by atoms with Gasteiger partial charge in [-0.15, -0.1) is 11.3 Å². The molecule has 0 aliphatic carbocycles. The third-order valence-electron chi connectivity index (χ3n) is 5.67. The van der Waals surface area contributed by atoms with Crippen LogP contribution in [0.3, 0.4) is 0 Å². The Balaban J connectivity index is 1.48. The molecular formula is C26H25N5O4S. The molecule has 0 saturated heterocycles. The van der Waals surface area contributed by atoms with Crippen LogP contribution in [0.5, 0.6) is 5.75 Å². The summed E-state index contributed by atoms with van der Waals surface area (Å²) in [6.45, 7) is 3.70. The predicted octanol–water partition coefficient (Wildman–Crippen LogP) is 4.24. The molecule has 0 fully saturated rings. The second-order valence-corrected chi connectivity index (χ2v) is 8.97. The molecule has 3 heterocycles. The van der Waals surface area contributed by atoms with E-state index < -0.39 is 0 Å². The number of aryl methyl sites for hydroxylation is 1. The fraction of sp³-hybridized carbons (Fsp3) is 0.231. The first kappa shape index (κ1) is 23.6. The molecule has 5 rings (SSSR count). The molecule has 1 N–H and O–H groups in total. The van der Waals surface area contributed by atoms with Crippen LogP contribution in [0.2, 0.25) is 0 Å². The molecule has 9 nitrogen and oxygen atoms in total. The van der Waals surface area contributed by atoms with E-state index in [1.807, 2.05) is 47.4 Å². The van der Waals surface area contributed by atoms with Gasteiger partial charge in [-0.3, -0.25) is 4.79 Å². The molecular weight excluding hydrogens is 478 g/mol. The van der Waals surface area contributed by atoms with Crippen LogP contribution in [-0.2, 0) is 22.6 Å². The van der Waals surface area contributed by atoms with E-state index in [4.69, 9.17) is 14.5 Å². The number of rotatable bonds is 8. The van der Waals surface area contributed by atoms with Gasteiger partial charge in [-0.05, 0) is 55.8 Å². The van der Waals surface area contributed by atoms with E-state index in [0.29, 0.717) is 23.6 Å². The van der Waals surface area contributed by atoms with Gasteiger partial charge in [0.15, 0.2) is 11.4 Å². The predicted molar refractivity (Wildman–Crippen MR) is 136 cm³/mol. The lowest BCUT2D eigenvalue weighted by Gasteiger charge is -2.19. The van der Waals surface area contributed by atoms with Gasteiger partial charge in [0.05, 0.1) is 35.6 Å². The van der Waals surface area contributed by atoms with E-state index in [0.717, 1.165) is 41.3 Å². The molecule has 10 heteroatoms. The summed E-state index contributed by atoms with van der Waals surface area (Å²) in [5, 5.41) is 4.95. The summed E-state index contributed by atoms with van der Waals surface area (Å²) in [4.78, 5) is 33.6. The van der Waals surface area contributed by atoms with Crippen LogP contribution >= 0.6 is 11.3 Å². The molecule has 0 atom stereocenters. The molecule has 0 radical (unpaired) electrons. The van der Waals surface area contributed by atoms with Crippen molar-refractivity contribution in [3.8, 4) is 17.0 Å². The number of fused-ring (bicyclic) bond motifs is 1. The van der Waals surface area contributed by atoms with Gasteiger partial charge in [-0.1, -0.05) is 0 Å². The summed E-state index contributed by atoms with van der Waals surface area (Å²) in [6.07, 6.45) is 6.40. The molecule has 0 saturated carbocycles. The first-order chi connectivity index (χ1) is 17.6. The van der Waals surface area contributed by atoms with Crippen LogP contribution in [0.25, 0.3) is 11.3 Å². The van der Waals surface area contributed by atoms with Gasteiger partial charge in [0.1, 0.15) is 5.75 Å². The molecule has 2 aromatic carbocycles. The number of nitrogens with one attached hydrogen (secondary N) is 1. The Labute approximate surface area is 211 Å². The average molecular weight is 504 g/mol. The second-order valence-electron chi connectivity index (χ2n) is 8.14. The number of ether oxygens (including phenoxy) is 2. The minimum absolute atomic E-state index is 0.0248. The van der Waals surface area contributed by atoms with Gasteiger partial charge in [0.25, 0.3) is 5.91 Å². The van der Waals surface area contributed by atoms with E-state index in [1.165, 1.54) is 11.3 Å². The number of carbonyl (C=O) groups excluding carboxylic acids is 2. The zero-order valence-electron chi connectivity index (χ0n) is 19.7. The van der Waals surface area contributed by atoms with Gasteiger partial charge in [-0.2, -0.15) is 0 Å². The smallest absolute Gasteiger partial charge is 0.338 e. The van der Waals surface area contributed by atoms with E-state index in [2.05, 4.69) is 20.2 Å². The monoisotopic (exact) mass is 503 g/mol. The quantitative estimate of drug-likeness (QED) is 0.363. The maximum atomic E-state index is 12.0. The summed E-state index contributed by atoms with van der Waals surface area (Å²) in [7, 11) is 0. The number of benzene rings is 2. The number of thiazole rings is 1. The third-order valence-corrected chi connectivity index (χ3v) is 6.53. The summed E-state index contributed by atoms with van der Waals surface area (Å²) in [6, 6.07) is 12.9. The van der Waals surface area contributed by atoms with Crippen molar-refractivity contribution >= 4 is 34.6 Å². The van der Waals surface area contributed by atoms with Crippen LogP contribution in [0, 0.1) is 0 Å². The summed E-state index contributed by atoms with van der Waals surface area (Å²) in [5.41, 5.74) is 3.85. The van der Waals surface area contributed by atoms with Crippen LogP contribution in [-0.4, -0.2) is 39.2 Å². The highest BCUT2D eigenvalue weighted by atomic mass is 32.1. The van der Waals surface area contributed by atoms with E-state index in [-0.39, 0.29) is 18.5 Å². The fourth-order valence-electron chi connectivity index (χ4n) is 3.94. The van der Waals surface area contributed by atoms with Gasteiger partial charge >= 0.3 is 5.97 Å². The SMILES string of the molecule is CCOC(=O)c1ccc(N=c2scc(-c3ccc4c(c3)NC(=O)CO4)n2CCCn2ccnc2)cc1. The van der Waals surface area contributed by atoms with Crippen molar-refractivity contribution in [2.45, 2.75) is 26.4 Å². The van der Waals surface area contributed by atoms with Crippen LogP contribution in [0.15, 0.2) is 71.6 Å². The largest absolute Gasteiger partial charge is 0.482 e. The van der Waals surface area contributed by atoms with Crippen LogP contribution in [0.1, 0.15) is 23.7 Å². The third kappa shape index (κ3) is 5.23. The molecule has 0 unspecified atom stereocenters. The number of aromatic nitrogens is 3. The number of imidazole rings is 1. The lowest BCUT2D eigenvalue weighted by molar-refractivity contribution is -0.118. The number of hydrogen-bond donors (Lipinski definition) is 1. The topological polar surface area (TPSA) is 99.7 Å². The number of hydrogen-bond acceptors (Lipinski definition) is 7. The van der Waals surface area contributed by atoms with Gasteiger partial charge < -0.3 is 23.9 Å². The Kier molecular flexibility index (Phi) is 6.94.